The Kier molecular flexibility index (Phi) is 7.61. The molecule has 2 N–H and O–H groups in total. The predicted octanol–water partition coefficient (Wildman–Crippen LogP) is 7.26. The SMILES string of the molecule is CC(NC(=O)c1ccc2c(c1)CCCN2Cc1ccc(-c2ccccc2C(=O)O)cc1)c1ccc(Br)cc1. The summed E-state index contributed by atoms with van der Waals surface area (Å²) in [5, 5.41) is 12.6. The number of amides is 1. The number of carboxylic acids is 1. The van der Waals surface area contributed by atoms with Gasteiger partial charge in [0.05, 0.1) is 11.6 Å². The molecule has 0 radical (unpaired) electrons. The molecule has 0 aromatic heterocycles. The lowest BCUT2D eigenvalue weighted by atomic mass is 9.97. The van der Waals surface area contributed by atoms with Gasteiger partial charge in [0.2, 0.25) is 0 Å². The maximum absolute atomic E-state index is 13.0. The average molecular weight is 569 g/mol. The van der Waals surface area contributed by atoms with Crippen molar-refractivity contribution in [2.45, 2.75) is 32.4 Å². The number of carbonyl (C=O) groups excluding carboxylic acids is 1. The molecule has 1 amide bonds. The van der Waals surface area contributed by atoms with Crippen LogP contribution in [-0.2, 0) is 13.0 Å². The van der Waals surface area contributed by atoms with E-state index in [4.69, 9.17) is 0 Å². The van der Waals surface area contributed by atoms with Crippen molar-refractivity contribution in [3.63, 3.8) is 0 Å². The van der Waals surface area contributed by atoms with Crippen LogP contribution in [0.2, 0.25) is 0 Å². The first-order valence-electron chi connectivity index (χ1n) is 12.7. The van der Waals surface area contributed by atoms with Gasteiger partial charge in [0.15, 0.2) is 0 Å². The van der Waals surface area contributed by atoms with Crippen molar-refractivity contribution in [1.82, 2.24) is 5.32 Å². The molecule has 1 aliphatic rings. The largest absolute Gasteiger partial charge is 0.478 e. The zero-order chi connectivity index (χ0) is 26.6. The third-order valence-electron chi connectivity index (χ3n) is 7.07. The van der Waals surface area contributed by atoms with Crippen LogP contribution in [0.3, 0.4) is 0 Å². The van der Waals surface area contributed by atoms with Crippen molar-refractivity contribution < 1.29 is 14.7 Å². The summed E-state index contributed by atoms with van der Waals surface area (Å²) in [6, 6.07) is 29.1. The minimum Gasteiger partial charge on any atom is -0.478 e. The van der Waals surface area contributed by atoms with Crippen LogP contribution in [0.4, 0.5) is 5.69 Å². The summed E-state index contributed by atoms with van der Waals surface area (Å²) < 4.78 is 1.01. The third kappa shape index (κ3) is 5.65. The summed E-state index contributed by atoms with van der Waals surface area (Å²) in [6.07, 6.45) is 1.97. The summed E-state index contributed by atoms with van der Waals surface area (Å²) in [5.74, 6) is -0.997. The molecular weight excluding hydrogens is 540 g/mol. The molecule has 0 spiro atoms. The van der Waals surface area contributed by atoms with Crippen molar-refractivity contribution in [2.75, 3.05) is 11.4 Å². The monoisotopic (exact) mass is 568 g/mol. The Morgan fingerprint density at radius 2 is 1.71 bits per heavy atom. The molecule has 1 aliphatic heterocycles. The highest BCUT2D eigenvalue weighted by Crippen LogP contribution is 2.31. The van der Waals surface area contributed by atoms with E-state index in [-0.39, 0.29) is 11.9 Å². The minimum atomic E-state index is -0.926. The van der Waals surface area contributed by atoms with E-state index in [1.165, 1.54) is 5.56 Å². The van der Waals surface area contributed by atoms with Gasteiger partial charge in [-0.15, -0.1) is 0 Å². The molecule has 6 heteroatoms. The van der Waals surface area contributed by atoms with Gasteiger partial charge in [-0.05, 0) is 84.0 Å². The van der Waals surface area contributed by atoms with Crippen LogP contribution in [0.25, 0.3) is 11.1 Å². The first-order valence-corrected chi connectivity index (χ1v) is 13.5. The first-order chi connectivity index (χ1) is 18.4. The lowest BCUT2D eigenvalue weighted by Crippen LogP contribution is -2.30. The van der Waals surface area contributed by atoms with Gasteiger partial charge in [-0.25, -0.2) is 4.79 Å². The second kappa shape index (κ2) is 11.2. The fourth-order valence-corrected chi connectivity index (χ4v) is 5.29. The van der Waals surface area contributed by atoms with E-state index in [1.54, 1.807) is 12.1 Å². The van der Waals surface area contributed by atoms with Gasteiger partial charge in [0, 0.05) is 28.8 Å². The van der Waals surface area contributed by atoms with Crippen molar-refractivity contribution >= 4 is 33.5 Å². The van der Waals surface area contributed by atoms with Gasteiger partial charge >= 0.3 is 5.97 Å². The summed E-state index contributed by atoms with van der Waals surface area (Å²) in [6.45, 7) is 3.69. The second-order valence-corrected chi connectivity index (χ2v) is 10.6. The Balaban J connectivity index is 1.29. The quantitative estimate of drug-likeness (QED) is 0.246. The van der Waals surface area contributed by atoms with Crippen LogP contribution in [0.1, 0.15) is 56.8 Å². The van der Waals surface area contributed by atoms with E-state index >= 15 is 0 Å². The van der Waals surface area contributed by atoms with Gasteiger partial charge in [-0.1, -0.05) is 70.5 Å². The highest BCUT2D eigenvalue weighted by molar-refractivity contribution is 9.10. The third-order valence-corrected chi connectivity index (χ3v) is 7.60. The smallest absolute Gasteiger partial charge is 0.336 e. The number of halogens is 1. The summed E-state index contributed by atoms with van der Waals surface area (Å²) >= 11 is 3.45. The molecule has 0 saturated heterocycles. The zero-order valence-electron chi connectivity index (χ0n) is 21.2. The lowest BCUT2D eigenvalue weighted by Gasteiger charge is -2.32. The molecule has 1 heterocycles. The Morgan fingerprint density at radius 1 is 0.974 bits per heavy atom. The van der Waals surface area contributed by atoms with Gasteiger partial charge in [0.25, 0.3) is 5.91 Å². The van der Waals surface area contributed by atoms with Crippen LogP contribution in [0.15, 0.2) is 95.5 Å². The normalized spacial score (nSPS) is 13.5. The highest BCUT2D eigenvalue weighted by Gasteiger charge is 2.20. The molecule has 0 aliphatic carbocycles. The minimum absolute atomic E-state index is 0.0717. The predicted molar refractivity (Wildman–Crippen MR) is 155 cm³/mol. The molecule has 0 saturated carbocycles. The molecule has 192 valence electrons. The summed E-state index contributed by atoms with van der Waals surface area (Å²) in [5.41, 5.74) is 7.14. The molecule has 1 unspecified atom stereocenters. The number of carbonyl (C=O) groups is 2. The maximum Gasteiger partial charge on any atom is 0.336 e. The van der Waals surface area contributed by atoms with E-state index in [0.29, 0.717) is 11.1 Å². The molecule has 5 rings (SSSR count). The molecule has 4 aromatic carbocycles. The van der Waals surface area contributed by atoms with Crippen molar-refractivity contribution in [3.8, 4) is 11.1 Å². The van der Waals surface area contributed by atoms with Crippen LogP contribution in [0.5, 0.6) is 0 Å². The average Bonchev–Trinajstić information content (AvgIpc) is 2.93. The molecule has 5 nitrogen and oxygen atoms in total. The van der Waals surface area contributed by atoms with Crippen molar-refractivity contribution in [1.29, 1.82) is 0 Å². The standard InChI is InChI=1S/C32H29BrN2O3/c1-21(23-12-15-27(33)16-13-23)34-31(36)26-14-17-30-25(19-26)5-4-18-35(30)20-22-8-10-24(11-9-22)28-6-2-3-7-29(28)32(37)38/h2-3,6-17,19,21H,4-5,18,20H2,1H3,(H,34,36)(H,37,38). The highest BCUT2D eigenvalue weighted by atomic mass is 79.9. The van der Waals surface area contributed by atoms with Crippen LogP contribution < -0.4 is 10.2 Å². The van der Waals surface area contributed by atoms with Crippen molar-refractivity contribution in [2.24, 2.45) is 0 Å². The number of rotatable bonds is 7. The molecule has 4 aromatic rings. The fraction of sp³-hybridized carbons (Fsp3) is 0.188. The number of nitrogens with zero attached hydrogens (tertiary/aromatic N) is 1. The number of aromatic carboxylic acids is 1. The second-order valence-electron chi connectivity index (χ2n) is 9.66. The van der Waals surface area contributed by atoms with Crippen LogP contribution in [-0.4, -0.2) is 23.5 Å². The zero-order valence-corrected chi connectivity index (χ0v) is 22.7. The van der Waals surface area contributed by atoms with Crippen molar-refractivity contribution in [3.05, 3.63) is 123 Å². The van der Waals surface area contributed by atoms with Gasteiger partial charge < -0.3 is 15.3 Å². The number of aryl methyl sites for hydroxylation is 1. The Morgan fingerprint density at radius 3 is 2.45 bits per heavy atom. The number of nitrogens with one attached hydrogen (secondary N) is 1. The Hall–Kier alpha value is -3.90. The maximum atomic E-state index is 13.0. The van der Waals surface area contributed by atoms with Gasteiger partial charge in [0.1, 0.15) is 0 Å². The number of hydrogen-bond acceptors (Lipinski definition) is 3. The fourth-order valence-electron chi connectivity index (χ4n) is 5.03. The molecule has 38 heavy (non-hydrogen) atoms. The number of anilines is 1. The van der Waals surface area contributed by atoms with E-state index in [1.807, 2.05) is 67.6 Å². The number of benzene rings is 4. The molecule has 1 atom stereocenters. The molecule has 0 bridgehead atoms. The topological polar surface area (TPSA) is 69.6 Å². The Labute approximate surface area is 231 Å². The first kappa shape index (κ1) is 25.7. The summed E-state index contributed by atoms with van der Waals surface area (Å²) in [4.78, 5) is 27.0. The molecular formula is C32H29BrN2O3. The van der Waals surface area contributed by atoms with E-state index in [2.05, 4.69) is 44.3 Å². The van der Waals surface area contributed by atoms with Crippen LogP contribution in [0, 0.1) is 0 Å². The van der Waals surface area contributed by atoms with E-state index in [9.17, 15) is 14.7 Å². The number of carboxylic acid groups (broad SMARTS) is 1. The summed E-state index contributed by atoms with van der Waals surface area (Å²) in [7, 11) is 0. The van der Waals surface area contributed by atoms with Gasteiger partial charge in [-0.2, -0.15) is 0 Å². The number of fused-ring (bicyclic) bond motifs is 1. The van der Waals surface area contributed by atoms with Gasteiger partial charge in [-0.3, -0.25) is 4.79 Å². The molecule has 0 fully saturated rings. The number of hydrogen-bond donors (Lipinski definition) is 2. The van der Waals surface area contributed by atoms with E-state index in [0.717, 1.165) is 58.3 Å². The van der Waals surface area contributed by atoms with Crippen LogP contribution >= 0.6 is 15.9 Å². The van der Waals surface area contributed by atoms with E-state index < -0.39 is 5.97 Å². The Bertz CT molecular complexity index is 1470. The lowest BCUT2D eigenvalue weighted by molar-refractivity contribution is 0.0697.